The number of nitrogens with zero attached hydrogens (tertiary/aromatic N) is 1. The quantitative estimate of drug-likeness (QED) is 0.641. The van der Waals surface area contributed by atoms with Crippen molar-refractivity contribution in [1.82, 2.24) is 5.32 Å². The van der Waals surface area contributed by atoms with Gasteiger partial charge in [-0.05, 0) is 13.3 Å². The molecule has 1 heterocycles. The van der Waals surface area contributed by atoms with Gasteiger partial charge in [0.1, 0.15) is 5.54 Å². The Labute approximate surface area is 79.1 Å². The van der Waals surface area contributed by atoms with Crippen LogP contribution in [0.5, 0.6) is 0 Å². The largest absolute Gasteiger partial charge is 0.381 e. The first kappa shape index (κ1) is 10.1. The van der Waals surface area contributed by atoms with Crippen molar-refractivity contribution in [2.75, 3.05) is 19.8 Å². The third kappa shape index (κ3) is 2.21. The average Bonchev–Trinajstić information content (AvgIpc) is 2.67. The highest BCUT2D eigenvalue weighted by molar-refractivity contribution is 5.10. The van der Waals surface area contributed by atoms with E-state index in [0.29, 0.717) is 13.2 Å². The smallest absolute Gasteiger partial charge is 0.109 e. The SMILES string of the molecule is C#CCNC(C)(C#N)C1CCOC1. The standard InChI is InChI=1S/C10H14N2O/c1-3-5-12-10(2,8-11)9-4-6-13-7-9/h1,9,12H,4-7H2,2H3. The molecule has 0 aromatic heterocycles. The Morgan fingerprint density at radius 1 is 1.77 bits per heavy atom. The molecule has 2 unspecified atom stereocenters. The van der Waals surface area contributed by atoms with Crippen molar-refractivity contribution in [2.45, 2.75) is 18.9 Å². The normalized spacial score (nSPS) is 25.9. The van der Waals surface area contributed by atoms with Crippen molar-refractivity contribution in [2.24, 2.45) is 5.92 Å². The minimum absolute atomic E-state index is 0.255. The fraction of sp³-hybridized carbons (Fsp3) is 0.700. The Kier molecular flexibility index (Phi) is 3.31. The summed E-state index contributed by atoms with van der Waals surface area (Å²) in [6.07, 6.45) is 6.07. The second kappa shape index (κ2) is 4.28. The topological polar surface area (TPSA) is 45.0 Å². The number of terminal acetylenes is 1. The van der Waals surface area contributed by atoms with E-state index in [1.165, 1.54) is 0 Å². The van der Waals surface area contributed by atoms with Crippen LogP contribution in [0.2, 0.25) is 0 Å². The molecule has 3 heteroatoms. The first-order chi connectivity index (χ1) is 6.23. The number of ether oxygens (including phenoxy) is 1. The molecular formula is C10H14N2O. The predicted octanol–water partition coefficient (Wildman–Crippen LogP) is 0.528. The van der Waals surface area contributed by atoms with Crippen molar-refractivity contribution in [1.29, 1.82) is 5.26 Å². The maximum atomic E-state index is 9.04. The third-order valence-electron chi connectivity index (χ3n) is 2.54. The summed E-state index contributed by atoms with van der Waals surface area (Å²) in [7, 11) is 0. The summed E-state index contributed by atoms with van der Waals surface area (Å²) >= 11 is 0. The molecule has 0 bridgehead atoms. The predicted molar refractivity (Wildman–Crippen MR) is 49.8 cm³/mol. The van der Waals surface area contributed by atoms with Gasteiger partial charge in [-0.2, -0.15) is 5.26 Å². The van der Waals surface area contributed by atoms with Gasteiger partial charge in [-0.15, -0.1) is 6.42 Å². The third-order valence-corrected chi connectivity index (χ3v) is 2.54. The van der Waals surface area contributed by atoms with Crippen molar-refractivity contribution >= 4 is 0 Å². The summed E-state index contributed by atoms with van der Waals surface area (Å²) in [5.74, 6) is 2.73. The zero-order chi connectivity index (χ0) is 9.73. The molecule has 3 nitrogen and oxygen atoms in total. The Morgan fingerprint density at radius 2 is 2.54 bits per heavy atom. The van der Waals surface area contributed by atoms with Crippen molar-refractivity contribution in [3.8, 4) is 18.4 Å². The van der Waals surface area contributed by atoms with Crippen LogP contribution in [-0.4, -0.2) is 25.3 Å². The molecule has 13 heavy (non-hydrogen) atoms. The zero-order valence-corrected chi connectivity index (χ0v) is 7.84. The molecule has 1 saturated heterocycles. The molecule has 0 spiro atoms. The molecule has 2 atom stereocenters. The number of hydrogen-bond acceptors (Lipinski definition) is 3. The lowest BCUT2D eigenvalue weighted by Crippen LogP contribution is -2.48. The lowest BCUT2D eigenvalue weighted by molar-refractivity contribution is 0.169. The van der Waals surface area contributed by atoms with Gasteiger partial charge in [-0.3, -0.25) is 5.32 Å². The van der Waals surface area contributed by atoms with E-state index in [1.807, 2.05) is 6.92 Å². The van der Waals surface area contributed by atoms with Crippen molar-refractivity contribution in [3.05, 3.63) is 0 Å². The van der Waals surface area contributed by atoms with Gasteiger partial charge in [0.05, 0.1) is 19.2 Å². The van der Waals surface area contributed by atoms with Crippen LogP contribution in [0.1, 0.15) is 13.3 Å². The van der Waals surface area contributed by atoms with Crippen LogP contribution < -0.4 is 5.32 Å². The van der Waals surface area contributed by atoms with Crippen LogP contribution in [0.4, 0.5) is 0 Å². The minimum atomic E-state index is -0.539. The molecule has 1 N–H and O–H groups in total. The zero-order valence-electron chi connectivity index (χ0n) is 7.84. The fourth-order valence-corrected chi connectivity index (χ4v) is 1.50. The maximum absolute atomic E-state index is 9.04. The number of nitriles is 1. The molecular weight excluding hydrogens is 164 g/mol. The monoisotopic (exact) mass is 178 g/mol. The lowest BCUT2D eigenvalue weighted by atomic mass is 9.86. The summed E-state index contributed by atoms with van der Waals surface area (Å²) in [5.41, 5.74) is -0.539. The van der Waals surface area contributed by atoms with Crippen molar-refractivity contribution < 1.29 is 4.74 Å². The Morgan fingerprint density at radius 3 is 3.00 bits per heavy atom. The average molecular weight is 178 g/mol. The van der Waals surface area contributed by atoms with E-state index in [9.17, 15) is 0 Å². The molecule has 0 aromatic carbocycles. The first-order valence-corrected chi connectivity index (χ1v) is 4.40. The van der Waals surface area contributed by atoms with E-state index in [4.69, 9.17) is 16.4 Å². The summed E-state index contributed by atoms with van der Waals surface area (Å²) in [4.78, 5) is 0. The van der Waals surface area contributed by atoms with Crippen LogP contribution in [-0.2, 0) is 4.74 Å². The minimum Gasteiger partial charge on any atom is -0.381 e. The second-order valence-corrected chi connectivity index (χ2v) is 3.43. The highest BCUT2D eigenvalue weighted by atomic mass is 16.5. The molecule has 1 aliphatic rings. The molecule has 0 saturated carbocycles. The second-order valence-electron chi connectivity index (χ2n) is 3.43. The molecule has 1 rings (SSSR count). The van der Waals surface area contributed by atoms with Crippen LogP contribution in [0, 0.1) is 29.6 Å². The van der Waals surface area contributed by atoms with E-state index in [2.05, 4.69) is 17.3 Å². The van der Waals surface area contributed by atoms with E-state index in [-0.39, 0.29) is 5.92 Å². The van der Waals surface area contributed by atoms with Gasteiger partial charge in [-0.25, -0.2) is 0 Å². The van der Waals surface area contributed by atoms with Crippen LogP contribution in [0.15, 0.2) is 0 Å². The van der Waals surface area contributed by atoms with Gasteiger partial charge >= 0.3 is 0 Å². The van der Waals surface area contributed by atoms with Crippen LogP contribution in [0.3, 0.4) is 0 Å². The summed E-state index contributed by atoms with van der Waals surface area (Å²) in [6.45, 7) is 3.71. The van der Waals surface area contributed by atoms with Crippen LogP contribution >= 0.6 is 0 Å². The van der Waals surface area contributed by atoms with Gasteiger partial charge in [0.15, 0.2) is 0 Å². The Balaban J connectivity index is 2.58. The van der Waals surface area contributed by atoms with Gasteiger partial charge in [0.2, 0.25) is 0 Å². The Hall–Kier alpha value is -1.03. The molecule has 0 aromatic rings. The fourth-order valence-electron chi connectivity index (χ4n) is 1.50. The highest BCUT2D eigenvalue weighted by Gasteiger charge is 2.36. The Bertz CT molecular complexity index is 245. The molecule has 1 fully saturated rings. The molecule has 70 valence electrons. The summed E-state index contributed by atoms with van der Waals surface area (Å²) < 4.78 is 5.24. The number of nitrogens with one attached hydrogen (secondary N) is 1. The van der Waals surface area contributed by atoms with Gasteiger partial charge < -0.3 is 4.74 Å². The van der Waals surface area contributed by atoms with E-state index in [0.717, 1.165) is 13.0 Å². The lowest BCUT2D eigenvalue weighted by Gasteiger charge is -2.27. The highest BCUT2D eigenvalue weighted by Crippen LogP contribution is 2.24. The molecule has 0 radical (unpaired) electrons. The number of hydrogen-bond donors (Lipinski definition) is 1. The first-order valence-electron chi connectivity index (χ1n) is 4.40. The molecule has 1 aliphatic heterocycles. The van der Waals surface area contributed by atoms with Crippen LogP contribution in [0.25, 0.3) is 0 Å². The van der Waals surface area contributed by atoms with E-state index >= 15 is 0 Å². The summed E-state index contributed by atoms with van der Waals surface area (Å²) in [6, 6.07) is 2.27. The maximum Gasteiger partial charge on any atom is 0.109 e. The van der Waals surface area contributed by atoms with E-state index < -0.39 is 5.54 Å². The molecule has 0 aliphatic carbocycles. The van der Waals surface area contributed by atoms with Crippen molar-refractivity contribution in [3.63, 3.8) is 0 Å². The number of rotatable bonds is 3. The molecule has 0 amide bonds. The summed E-state index contributed by atoms with van der Waals surface area (Å²) in [5, 5.41) is 12.1. The van der Waals surface area contributed by atoms with Gasteiger partial charge in [-0.1, -0.05) is 5.92 Å². The van der Waals surface area contributed by atoms with Gasteiger partial charge in [0.25, 0.3) is 0 Å². The van der Waals surface area contributed by atoms with E-state index in [1.54, 1.807) is 0 Å². The van der Waals surface area contributed by atoms with Gasteiger partial charge in [0, 0.05) is 12.5 Å².